The Hall–Kier alpha value is -4.09. The Morgan fingerprint density at radius 3 is 2.74 bits per heavy atom. The predicted molar refractivity (Wildman–Crippen MR) is 126 cm³/mol. The number of aromatic nitrogens is 5. The van der Waals surface area contributed by atoms with Gasteiger partial charge in [-0.3, -0.25) is 10.00 Å². The van der Waals surface area contributed by atoms with Gasteiger partial charge in [0.2, 0.25) is 11.8 Å². The van der Waals surface area contributed by atoms with E-state index in [1.807, 2.05) is 30.3 Å². The van der Waals surface area contributed by atoms with Crippen LogP contribution in [0.25, 0.3) is 11.0 Å². The Morgan fingerprint density at radius 2 is 1.94 bits per heavy atom. The number of rotatable bonds is 7. The number of carbonyl (C=O) groups is 1. The third kappa shape index (κ3) is 5.11. The topological polar surface area (TPSA) is 121 Å². The van der Waals surface area contributed by atoms with Crippen molar-refractivity contribution in [1.29, 1.82) is 0 Å². The van der Waals surface area contributed by atoms with Crippen LogP contribution in [0.5, 0.6) is 5.88 Å². The summed E-state index contributed by atoms with van der Waals surface area (Å²) in [6, 6.07) is 12.2. The Morgan fingerprint density at radius 1 is 1.09 bits per heavy atom. The number of nitrogens with zero attached hydrogens (tertiary/aromatic N) is 6. The number of hydrogen-bond acceptors (Lipinski definition) is 8. The highest BCUT2D eigenvalue weighted by Gasteiger charge is 2.22. The van der Waals surface area contributed by atoms with E-state index in [0.717, 1.165) is 38.2 Å². The number of fused-ring (bicyclic) bond motifs is 1. The third-order valence-electron chi connectivity index (χ3n) is 5.34. The van der Waals surface area contributed by atoms with Crippen LogP contribution in [0.4, 0.5) is 22.1 Å². The van der Waals surface area contributed by atoms with E-state index in [4.69, 9.17) is 9.47 Å². The molecule has 0 saturated carbocycles. The van der Waals surface area contributed by atoms with Crippen molar-refractivity contribution in [1.82, 2.24) is 30.0 Å². The lowest BCUT2D eigenvalue weighted by atomic mass is 10.3. The first-order valence-electron chi connectivity index (χ1n) is 11.0. The van der Waals surface area contributed by atoms with Crippen LogP contribution in [0.2, 0.25) is 0 Å². The number of pyridine rings is 1. The van der Waals surface area contributed by atoms with Gasteiger partial charge >= 0.3 is 6.03 Å². The van der Waals surface area contributed by atoms with Gasteiger partial charge in [-0.2, -0.15) is 10.1 Å². The molecule has 0 radical (unpaired) electrons. The van der Waals surface area contributed by atoms with Crippen molar-refractivity contribution in [2.45, 2.75) is 0 Å². The maximum atomic E-state index is 13.3. The quantitative estimate of drug-likeness (QED) is 0.432. The van der Waals surface area contributed by atoms with Crippen LogP contribution >= 0.6 is 0 Å². The minimum Gasteiger partial charge on any atom is -0.476 e. The molecular formula is C23H24N8O3. The van der Waals surface area contributed by atoms with E-state index in [1.54, 1.807) is 30.7 Å². The van der Waals surface area contributed by atoms with Crippen LogP contribution in [0.3, 0.4) is 0 Å². The second-order valence-electron chi connectivity index (χ2n) is 7.63. The zero-order valence-corrected chi connectivity index (χ0v) is 18.4. The number of nitrogens with one attached hydrogen (secondary N) is 2. The van der Waals surface area contributed by atoms with E-state index in [9.17, 15) is 4.79 Å². The van der Waals surface area contributed by atoms with Crippen molar-refractivity contribution in [3.63, 3.8) is 0 Å². The molecule has 34 heavy (non-hydrogen) atoms. The lowest BCUT2D eigenvalue weighted by Gasteiger charge is -2.26. The molecular weight excluding hydrogens is 436 g/mol. The van der Waals surface area contributed by atoms with Gasteiger partial charge < -0.3 is 14.8 Å². The first kappa shape index (κ1) is 21.7. The summed E-state index contributed by atoms with van der Waals surface area (Å²) in [4.78, 5) is 30.1. The molecule has 1 aliphatic heterocycles. The molecule has 0 unspecified atom stereocenters. The number of benzene rings is 1. The second-order valence-corrected chi connectivity index (χ2v) is 7.63. The van der Waals surface area contributed by atoms with Crippen molar-refractivity contribution in [3.05, 3.63) is 61.1 Å². The number of amides is 2. The van der Waals surface area contributed by atoms with Gasteiger partial charge in [0.1, 0.15) is 6.61 Å². The number of urea groups is 1. The van der Waals surface area contributed by atoms with Crippen molar-refractivity contribution >= 4 is 34.4 Å². The molecule has 0 atom stereocenters. The maximum Gasteiger partial charge on any atom is 0.333 e. The fourth-order valence-corrected chi connectivity index (χ4v) is 3.56. The molecule has 3 aromatic heterocycles. The van der Waals surface area contributed by atoms with Crippen LogP contribution in [0.1, 0.15) is 0 Å². The van der Waals surface area contributed by atoms with Crippen molar-refractivity contribution in [2.24, 2.45) is 0 Å². The van der Waals surface area contributed by atoms with Crippen molar-refractivity contribution in [2.75, 3.05) is 49.7 Å². The molecule has 5 rings (SSSR count). The smallest absolute Gasteiger partial charge is 0.333 e. The third-order valence-corrected chi connectivity index (χ3v) is 5.34. The highest BCUT2D eigenvalue weighted by atomic mass is 16.5. The molecule has 4 aromatic rings. The molecule has 0 aliphatic carbocycles. The van der Waals surface area contributed by atoms with Crippen molar-refractivity contribution in [3.8, 4) is 5.88 Å². The van der Waals surface area contributed by atoms with E-state index >= 15 is 0 Å². The lowest BCUT2D eigenvalue weighted by molar-refractivity contribution is 0.0320. The van der Waals surface area contributed by atoms with E-state index in [2.05, 4.69) is 35.4 Å². The molecule has 2 N–H and O–H groups in total. The SMILES string of the molecule is O=C(Nc1ccc(OCCN2CCOCC2)nc1)N(c1ccccc1)c1ncc2cn[nH]c2n1. The summed E-state index contributed by atoms with van der Waals surface area (Å²) in [6.07, 6.45) is 4.81. The fourth-order valence-electron chi connectivity index (χ4n) is 3.56. The summed E-state index contributed by atoms with van der Waals surface area (Å²) in [5.74, 6) is 0.718. The number of ether oxygens (including phenoxy) is 2. The molecule has 1 aliphatic rings. The lowest BCUT2D eigenvalue weighted by Crippen LogP contribution is -2.38. The van der Waals surface area contributed by atoms with Gasteiger partial charge in [-0.15, -0.1) is 0 Å². The Bertz CT molecular complexity index is 1230. The number of hydrogen-bond donors (Lipinski definition) is 2. The molecule has 1 saturated heterocycles. The highest BCUT2D eigenvalue weighted by Crippen LogP contribution is 2.24. The number of para-hydroxylation sites is 1. The van der Waals surface area contributed by atoms with Gasteiger partial charge in [0, 0.05) is 31.9 Å². The molecule has 1 fully saturated rings. The summed E-state index contributed by atoms with van der Waals surface area (Å²) in [7, 11) is 0. The Labute approximate surface area is 195 Å². The van der Waals surface area contributed by atoms with Gasteiger partial charge in [-0.25, -0.2) is 19.7 Å². The second kappa shape index (κ2) is 10.2. The summed E-state index contributed by atoms with van der Waals surface area (Å²) < 4.78 is 11.1. The molecule has 2 amide bonds. The highest BCUT2D eigenvalue weighted by molar-refractivity contribution is 6.06. The number of H-pyrrole nitrogens is 1. The van der Waals surface area contributed by atoms with Crippen LogP contribution in [0.15, 0.2) is 61.1 Å². The van der Waals surface area contributed by atoms with E-state index in [0.29, 0.717) is 29.5 Å². The zero-order valence-electron chi connectivity index (χ0n) is 18.4. The predicted octanol–water partition coefficient (Wildman–Crippen LogP) is 2.83. The Balaban J connectivity index is 1.26. The average molecular weight is 460 g/mol. The number of carbonyl (C=O) groups excluding carboxylic acids is 1. The van der Waals surface area contributed by atoms with Crippen LogP contribution in [0, 0.1) is 0 Å². The molecule has 11 heteroatoms. The van der Waals surface area contributed by atoms with Crippen LogP contribution in [-0.2, 0) is 4.74 Å². The summed E-state index contributed by atoms with van der Waals surface area (Å²) in [5, 5.41) is 10.4. The minimum atomic E-state index is -0.423. The van der Waals surface area contributed by atoms with Crippen molar-refractivity contribution < 1.29 is 14.3 Å². The number of aromatic amines is 1. The van der Waals surface area contributed by atoms with E-state index in [1.165, 1.54) is 4.90 Å². The number of anilines is 3. The van der Waals surface area contributed by atoms with Crippen LogP contribution in [-0.4, -0.2) is 75.5 Å². The fraction of sp³-hybridized carbons (Fsp3) is 0.261. The van der Waals surface area contributed by atoms with Crippen LogP contribution < -0.4 is 15.0 Å². The zero-order chi connectivity index (χ0) is 23.2. The molecule has 0 spiro atoms. The normalized spacial score (nSPS) is 14.1. The van der Waals surface area contributed by atoms with E-state index in [-0.39, 0.29) is 5.95 Å². The molecule has 11 nitrogen and oxygen atoms in total. The largest absolute Gasteiger partial charge is 0.476 e. The standard InChI is InChI=1S/C23H24N8O3/c32-23(27-18-6-7-20(24-16-18)34-13-10-30-8-11-33-12-9-30)31(19-4-2-1-3-5-19)22-25-14-17-15-26-29-21(17)28-22/h1-7,14-16H,8-13H2,(H,27,32)(H,25,26,28,29). The van der Waals surface area contributed by atoms with Gasteiger partial charge in [0.15, 0.2) is 5.65 Å². The van der Waals surface area contributed by atoms with E-state index < -0.39 is 6.03 Å². The van der Waals surface area contributed by atoms with Gasteiger partial charge in [-0.1, -0.05) is 18.2 Å². The summed E-state index contributed by atoms with van der Waals surface area (Å²) in [5.41, 5.74) is 1.68. The maximum absolute atomic E-state index is 13.3. The van der Waals surface area contributed by atoms with Gasteiger partial charge in [0.05, 0.1) is 42.4 Å². The summed E-state index contributed by atoms with van der Waals surface area (Å²) >= 11 is 0. The molecule has 174 valence electrons. The Kier molecular flexibility index (Phi) is 6.54. The monoisotopic (exact) mass is 460 g/mol. The first-order valence-corrected chi connectivity index (χ1v) is 11.0. The summed E-state index contributed by atoms with van der Waals surface area (Å²) in [6.45, 7) is 4.69. The number of morpholine rings is 1. The van der Waals surface area contributed by atoms with Gasteiger partial charge in [-0.05, 0) is 18.2 Å². The molecule has 1 aromatic carbocycles. The molecule has 0 bridgehead atoms. The average Bonchev–Trinajstić information content (AvgIpc) is 3.35. The molecule has 4 heterocycles. The van der Waals surface area contributed by atoms with Gasteiger partial charge in [0.25, 0.3) is 0 Å². The minimum absolute atomic E-state index is 0.219. The first-order chi connectivity index (χ1) is 16.8.